The van der Waals surface area contributed by atoms with E-state index in [0.29, 0.717) is 6.04 Å². The van der Waals surface area contributed by atoms with Crippen LogP contribution < -0.4 is 5.32 Å². The molecule has 0 radical (unpaired) electrons. The van der Waals surface area contributed by atoms with Crippen molar-refractivity contribution in [3.05, 3.63) is 0 Å². The molecule has 0 aromatic rings. The van der Waals surface area contributed by atoms with Crippen LogP contribution in [0.25, 0.3) is 0 Å². The molecule has 0 bridgehead atoms. The van der Waals surface area contributed by atoms with E-state index in [2.05, 4.69) is 12.2 Å². The molecule has 1 aliphatic heterocycles. The fraction of sp³-hybridized carbons (Fsp3) is 1.00. The van der Waals surface area contributed by atoms with E-state index in [0.717, 1.165) is 39.4 Å². The van der Waals surface area contributed by atoms with E-state index >= 15 is 0 Å². The van der Waals surface area contributed by atoms with Crippen LogP contribution in [-0.2, 0) is 9.47 Å². The zero-order valence-corrected chi connectivity index (χ0v) is 9.26. The average molecular weight is 201 g/mol. The summed E-state index contributed by atoms with van der Waals surface area (Å²) in [5, 5.41) is 3.46. The van der Waals surface area contributed by atoms with Crippen LogP contribution in [0.4, 0.5) is 0 Å². The number of hydrogen-bond donors (Lipinski definition) is 1. The minimum absolute atomic E-state index is 0.579. The first kappa shape index (κ1) is 12.0. The van der Waals surface area contributed by atoms with E-state index in [4.69, 9.17) is 9.47 Å². The lowest BCUT2D eigenvalue weighted by Crippen LogP contribution is -2.37. The summed E-state index contributed by atoms with van der Waals surface area (Å²) in [6.45, 7) is 6.44. The Labute approximate surface area is 87.2 Å². The molecule has 14 heavy (non-hydrogen) atoms. The zero-order valence-electron chi connectivity index (χ0n) is 9.26. The minimum atomic E-state index is 0.579. The minimum Gasteiger partial charge on any atom is -0.379 e. The predicted molar refractivity (Wildman–Crippen MR) is 57.6 cm³/mol. The highest BCUT2D eigenvalue weighted by Gasteiger charge is 2.11. The molecular formula is C11H23NO2. The second-order valence-corrected chi connectivity index (χ2v) is 3.83. The van der Waals surface area contributed by atoms with Gasteiger partial charge in [-0.3, -0.25) is 0 Å². The summed E-state index contributed by atoms with van der Waals surface area (Å²) in [4.78, 5) is 0. The second-order valence-electron chi connectivity index (χ2n) is 3.83. The summed E-state index contributed by atoms with van der Waals surface area (Å²) in [5.74, 6) is 0. The SMILES string of the molecule is CCCOCCOCC1CCCCN1. The first-order valence-electron chi connectivity index (χ1n) is 5.82. The topological polar surface area (TPSA) is 30.5 Å². The van der Waals surface area contributed by atoms with Gasteiger partial charge in [0.05, 0.1) is 19.8 Å². The van der Waals surface area contributed by atoms with Crippen molar-refractivity contribution in [3.63, 3.8) is 0 Å². The van der Waals surface area contributed by atoms with E-state index in [1.807, 2.05) is 0 Å². The predicted octanol–water partition coefficient (Wildman–Crippen LogP) is 1.57. The number of ether oxygens (including phenoxy) is 2. The maximum absolute atomic E-state index is 5.53. The van der Waals surface area contributed by atoms with Gasteiger partial charge in [0.2, 0.25) is 0 Å². The van der Waals surface area contributed by atoms with Crippen LogP contribution in [0.15, 0.2) is 0 Å². The maximum atomic E-state index is 5.53. The van der Waals surface area contributed by atoms with Gasteiger partial charge in [0.1, 0.15) is 0 Å². The average Bonchev–Trinajstić information content (AvgIpc) is 2.25. The van der Waals surface area contributed by atoms with Crippen molar-refractivity contribution in [3.8, 4) is 0 Å². The van der Waals surface area contributed by atoms with E-state index in [1.165, 1.54) is 19.3 Å². The van der Waals surface area contributed by atoms with Crippen LogP contribution in [0.1, 0.15) is 32.6 Å². The summed E-state index contributed by atoms with van der Waals surface area (Å²) in [6.07, 6.45) is 5.00. The lowest BCUT2D eigenvalue weighted by Gasteiger charge is -2.23. The summed E-state index contributed by atoms with van der Waals surface area (Å²) in [6, 6.07) is 0.579. The van der Waals surface area contributed by atoms with Gasteiger partial charge >= 0.3 is 0 Å². The maximum Gasteiger partial charge on any atom is 0.0701 e. The van der Waals surface area contributed by atoms with Gasteiger partial charge in [-0.15, -0.1) is 0 Å². The van der Waals surface area contributed by atoms with Gasteiger partial charge in [-0.25, -0.2) is 0 Å². The molecule has 1 saturated heterocycles. The van der Waals surface area contributed by atoms with Crippen LogP contribution >= 0.6 is 0 Å². The highest BCUT2D eigenvalue weighted by atomic mass is 16.5. The Balaban J connectivity index is 1.82. The van der Waals surface area contributed by atoms with E-state index in [9.17, 15) is 0 Å². The molecule has 1 heterocycles. The highest BCUT2D eigenvalue weighted by molar-refractivity contribution is 4.71. The zero-order chi connectivity index (χ0) is 10.1. The number of piperidine rings is 1. The van der Waals surface area contributed by atoms with Gasteiger partial charge < -0.3 is 14.8 Å². The van der Waals surface area contributed by atoms with Crippen LogP contribution in [-0.4, -0.2) is 39.0 Å². The molecule has 0 aromatic carbocycles. The molecule has 1 rings (SSSR count). The Hall–Kier alpha value is -0.120. The number of rotatable bonds is 7. The molecule has 0 aromatic heterocycles. The monoisotopic (exact) mass is 201 g/mol. The lowest BCUT2D eigenvalue weighted by molar-refractivity contribution is 0.0365. The van der Waals surface area contributed by atoms with Crippen molar-refractivity contribution < 1.29 is 9.47 Å². The second kappa shape index (κ2) is 8.21. The molecule has 3 heteroatoms. The Bertz CT molecular complexity index is 124. The Morgan fingerprint density at radius 3 is 2.71 bits per heavy atom. The fourth-order valence-corrected chi connectivity index (χ4v) is 1.66. The van der Waals surface area contributed by atoms with Crippen molar-refractivity contribution in [1.29, 1.82) is 0 Å². The van der Waals surface area contributed by atoms with Crippen LogP contribution in [0.3, 0.4) is 0 Å². The van der Waals surface area contributed by atoms with Gasteiger partial charge in [0.15, 0.2) is 0 Å². The standard InChI is InChI=1S/C11H23NO2/c1-2-7-13-8-9-14-10-11-5-3-4-6-12-11/h11-12H,2-10H2,1H3. The number of nitrogens with one attached hydrogen (secondary N) is 1. The molecule has 0 aliphatic carbocycles. The lowest BCUT2D eigenvalue weighted by atomic mass is 10.1. The van der Waals surface area contributed by atoms with Gasteiger partial charge in [-0.05, 0) is 25.8 Å². The quantitative estimate of drug-likeness (QED) is 0.634. The molecule has 0 saturated carbocycles. The molecule has 1 atom stereocenters. The third-order valence-electron chi connectivity index (χ3n) is 2.45. The fourth-order valence-electron chi connectivity index (χ4n) is 1.66. The van der Waals surface area contributed by atoms with E-state index < -0.39 is 0 Å². The van der Waals surface area contributed by atoms with Crippen LogP contribution in [0, 0.1) is 0 Å². The van der Waals surface area contributed by atoms with Crippen molar-refractivity contribution in [1.82, 2.24) is 5.32 Å². The van der Waals surface area contributed by atoms with E-state index in [1.54, 1.807) is 0 Å². The number of hydrogen-bond acceptors (Lipinski definition) is 3. The van der Waals surface area contributed by atoms with Crippen LogP contribution in [0.2, 0.25) is 0 Å². The largest absolute Gasteiger partial charge is 0.379 e. The molecule has 1 unspecified atom stereocenters. The third-order valence-corrected chi connectivity index (χ3v) is 2.45. The van der Waals surface area contributed by atoms with Crippen LogP contribution in [0.5, 0.6) is 0 Å². The highest BCUT2D eigenvalue weighted by Crippen LogP contribution is 2.06. The Morgan fingerprint density at radius 1 is 1.14 bits per heavy atom. The van der Waals surface area contributed by atoms with Gasteiger partial charge in [0.25, 0.3) is 0 Å². The summed E-state index contributed by atoms with van der Waals surface area (Å²) < 4.78 is 10.9. The van der Waals surface area contributed by atoms with Gasteiger partial charge in [0, 0.05) is 12.6 Å². The van der Waals surface area contributed by atoms with Gasteiger partial charge in [-0.2, -0.15) is 0 Å². The third kappa shape index (κ3) is 5.58. The molecule has 1 aliphatic rings. The summed E-state index contributed by atoms with van der Waals surface area (Å²) in [5.41, 5.74) is 0. The smallest absolute Gasteiger partial charge is 0.0701 e. The Morgan fingerprint density at radius 2 is 2.00 bits per heavy atom. The molecule has 0 amide bonds. The summed E-state index contributed by atoms with van der Waals surface area (Å²) >= 11 is 0. The molecule has 1 N–H and O–H groups in total. The van der Waals surface area contributed by atoms with Crippen molar-refractivity contribution >= 4 is 0 Å². The molecule has 3 nitrogen and oxygen atoms in total. The normalized spacial score (nSPS) is 22.5. The molecular weight excluding hydrogens is 178 g/mol. The first-order valence-corrected chi connectivity index (χ1v) is 5.82. The van der Waals surface area contributed by atoms with Crippen molar-refractivity contribution in [2.75, 3.05) is 33.0 Å². The first-order chi connectivity index (χ1) is 6.93. The molecule has 84 valence electrons. The van der Waals surface area contributed by atoms with Crippen molar-refractivity contribution in [2.45, 2.75) is 38.6 Å². The van der Waals surface area contributed by atoms with Gasteiger partial charge in [-0.1, -0.05) is 13.3 Å². The summed E-state index contributed by atoms with van der Waals surface area (Å²) in [7, 11) is 0. The molecule has 0 spiro atoms. The molecule has 1 fully saturated rings. The van der Waals surface area contributed by atoms with E-state index in [-0.39, 0.29) is 0 Å². The van der Waals surface area contributed by atoms with Crippen molar-refractivity contribution in [2.24, 2.45) is 0 Å². The Kier molecular flexibility index (Phi) is 7.01.